The smallest absolute Gasteiger partial charge is 0.255 e. The van der Waals surface area contributed by atoms with Crippen LogP contribution in [0.1, 0.15) is 32.3 Å². The Bertz CT molecular complexity index is 554. The van der Waals surface area contributed by atoms with Crippen LogP contribution in [0.5, 0.6) is 0 Å². The van der Waals surface area contributed by atoms with E-state index in [2.05, 4.69) is 31.8 Å². The summed E-state index contributed by atoms with van der Waals surface area (Å²) < 4.78 is 0. The molecule has 0 bridgehead atoms. The first kappa shape index (κ1) is 10.9. The molecule has 0 amide bonds. The molecular formula is C14H17NO. The molecule has 0 saturated carbocycles. The molecule has 0 aliphatic carbocycles. The predicted molar refractivity (Wildman–Crippen MR) is 67.8 cm³/mol. The monoisotopic (exact) mass is 215 g/mol. The van der Waals surface area contributed by atoms with E-state index in [1.54, 1.807) is 6.20 Å². The summed E-state index contributed by atoms with van der Waals surface area (Å²) in [6, 6.07) is 7.95. The number of rotatable bonds is 2. The Morgan fingerprint density at radius 1 is 1.06 bits per heavy atom. The van der Waals surface area contributed by atoms with Crippen molar-refractivity contribution in [1.29, 1.82) is 0 Å². The van der Waals surface area contributed by atoms with E-state index < -0.39 is 0 Å². The van der Waals surface area contributed by atoms with Crippen molar-refractivity contribution < 1.29 is 0 Å². The van der Waals surface area contributed by atoms with Gasteiger partial charge in [0.1, 0.15) is 0 Å². The van der Waals surface area contributed by atoms with Crippen LogP contribution in [0.2, 0.25) is 0 Å². The summed E-state index contributed by atoms with van der Waals surface area (Å²) in [4.78, 5) is 14.4. The molecule has 1 aromatic carbocycles. The summed E-state index contributed by atoms with van der Waals surface area (Å²) >= 11 is 0. The van der Waals surface area contributed by atoms with Crippen LogP contribution in [0.4, 0.5) is 0 Å². The van der Waals surface area contributed by atoms with Gasteiger partial charge < -0.3 is 4.98 Å². The van der Waals surface area contributed by atoms with Crippen LogP contribution in [0.25, 0.3) is 10.8 Å². The fourth-order valence-corrected chi connectivity index (χ4v) is 2.00. The average molecular weight is 215 g/mol. The van der Waals surface area contributed by atoms with E-state index in [-0.39, 0.29) is 5.56 Å². The summed E-state index contributed by atoms with van der Waals surface area (Å²) in [5.74, 6) is 1.04. The molecule has 2 nitrogen and oxygen atoms in total. The highest BCUT2D eigenvalue weighted by Gasteiger charge is 2.13. The Labute approximate surface area is 95.3 Å². The Kier molecular flexibility index (Phi) is 2.82. The lowest BCUT2D eigenvalue weighted by atomic mass is 9.87. The van der Waals surface area contributed by atoms with Gasteiger partial charge in [0.2, 0.25) is 0 Å². The van der Waals surface area contributed by atoms with E-state index in [9.17, 15) is 4.79 Å². The maximum absolute atomic E-state index is 11.7. The molecule has 1 unspecified atom stereocenters. The van der Waals surface area contributed by atoms with Crippen molar-refractivity contribution in [3.8, 4) is 0 Å². The Balaban J connectivity index is 2.72. The summed E-state index contributed by atoms with van der Waals surface area (Å²) in [5.41, 5.74) is 1.26. The standard InChI is InChI=1S/C14H17NO/c1-9(2)10(3)11-5-4-6-13-12(11)7-8-15-14(13)16/h4-10H,1-3H3,(H,15,16). The Hall–Kier alpha value is -1.57. The van der Waals surface area contributed by atoms with Gasteiger partial charge in [0.25, 0.3) is 5.56 Å². The van der Waals surface area contributed by atoms with Crippen molar-refractivity contribution >= 4 is 10.8 Å². The summed E-state index contributed by atoms with van der Waals surface area (Å²) in [5, 5.41) is 1.86. The third kappa shape index (κ3) is 1.75. The quantitative estimate of drug-likeness (QED) is 0.819. The van der Waals surface area contributed by atoms with Crippen molar-refractivity contribution in [3.63, 3.8) is 0 Å². The van der Waals surface area contributed by atoms with Crippen LogP contribution in [0.3, 0.4) is 0 Å². The van der Waals surface area contributed by atoms with E-state index in [4.69, 9.17) is 0 Å². The minimum atomic E-state index is -0.00435. The predicted octanol–water partition coefficient (Wildman–Crippen LogP) is 3.29. The molecule has 1 aromatic heterocycles. The lowest BCUT2D eigenvalue weighted by Crippen LogP contribution is -2.08. The van der Waals surface area contributed by atoms with Crippen LogP contribution in [-0.4, -0.2) is 4.98 Å². The van der Waals surface area contributed by atoms with Crippen molar-refractivity contribution in [2.75, 3.05) is 0 Å². The molecule has 0 aliphatic heterocycles. The number of benzene rings is 1. The van der Waals surface area contributed by atoms with Gasteiger partial charge in [-0.2, -0.15) is 0 Å². The zero-order valence-electron chi connectivity index (χ0n) is 9.95. The Morgan fingerprint density at radius 3 is 2.50 bits per heavy atom. The third-order valence-electron chi connectivity index (χ3n) is 3.34. The van der Waals surface area contributed by atoms with Gasteiger partial charge in [-0.25, -0.2) is 0 Å². The topological polar surface area (TPSA) is 32.9 Å². The van der Waals surface area contributed by atoms with Crippen LogP contribution >= 0.6 is 0 Å². The molecule has 2 rings (SSSR count). The van der Waals surface area contributed by atoms with E-state index in [0.29, 0.717) is 11.8 Å². The molecule has 16 heavy (non-hydrogen) atoms. The molecule has 0 radical (unpaired) electrons. The first-order valence-electron chi connectivity index (χ1n) is 5.71. The van der Waals surface area contributed by atoms with E-state index in [1.165, 1.54) is 5.56 Å². The van der Waals surface area contributed by atoms with Gasteiger partial charge in [-0.3, -0.25) is 4.79 Å². The summed E-state index contributed by atoms with van der Waals surface area (Å²) in [7, 11) is 0. The van der Waals surface area contributed by atoms with Crippen molar-refractivity contribution in [3.05, 3.63) is 46.4 Å². The maximum atomic E-state index is 11.7. The van der Waals surface area contributed by atoms with Crippen molar-refractivity contribution in [2.24, 2.45) is 5.92 Å². The molecule has 1 N–H and O–H groups in total. The highest BCUT2D eigenvalue weighted by atomic mass is 16.1. The number of nitrogens with one attached hydrogen (secondary N) is 1. The van der Waals surface area contributed by atoms with Gasteiger partial charge in [0.05, 0.1) is 0 Å². The normalized spacial score (nSPS) is 13.2. The largest absolute Gasteiger partial charge is 0.329 e. The minimum absolute atomic E-state index is 0.00435. The molecule has 1 atom stereocenters. The van der Waals surface area contributed by atoms with Gasteiger partial charge >= 0.3 is 0 Å². The molecule has 0 saturated heterocycles. The minimum Gasteiger partial charge on any atom is -0.329 e. The van der Waals surface area contributed by atoms with Gasteiger partial charge in [-0.05, 0) is 34.9 Å². The number of H-pyrrole nitrogens is 1. The van der Waals surface area contributed by atoms with E-state index in [1.807, 2.05) is 18.2 Å². The Morgan fingerprint density at radius 2 is 1.81 bits per heavy atom. The van der Waals surface area contributed by atoms with Crippen molar-refractivity contribution in [1.82, 2.24) is 4.98 Å². The fourth-order valence-electron chi connectivity index (χ4n) is 2.00. The molecule has 0 aliphatic rings. The van der Waals surface area contributed by atoms with Crippen LogP contribution in [0.15, 0.2) is 35.3 Å². The first-order chi connectivity index (χ1) is 7.61. The highest BCUT2D eigenvalue weighted by molar-refractivity contribution is 5.85. The summed E-state index contributed by atoms with van der Waals surface area (Å²) in [6.07, 6.45) is 1.72. The number of hydrogen-bond donors (Lipinski definition) is 1. The van der Waals surface area contributed by atoms with Crippen molar-refractivity contribution in [2.45, 2.75) is 26.7 Å². The average Bonchev–Trinajstić information content (AvgIpc) is 2.28. The second kappa shape index (κ2) is 4.12. The van der Waals surface area contributed by atoms with Crippen LogP contribution < -0.4 is 5.56 Å². The molecule has 1 heterocycles. The van der Waals surface area contributed by atoms with Gasteiger partial charge in [-0.1, -0.05) is 32.9 Å². The number of aromatic amines is 1. The fraction of sp³-hybridized carbons (Fsp3) is 0.357. The van der Waals surface area contributed by atoms with Gasteiger partial charge in [0.15, 0.2) is 0 Å². The lowest BCUT2D eigenvalue weighted by Gasteiger charge is -2.17. The van der Waals surface area contributed by atoms with Gasteiger partial charge in [-0.15, -0.1) is 0 Å². The second-order valence-corrected chi connectivity index (χ2v) is 4.65. The molecule has 0 spiro atoms. The van der Waals surface area contributed by atoms with Gasteiger partial charge in [0, 0.05) is 11.6 Å². The SMILES string of the molecule is CC(C)C(C)c1cccc2c(=O)[nH]ccc12. The number of aromatic nitrogens is 1. The lowest BCUT2D eigenvalue weighted by molar-refractivity contribution is 0.538. The zero-order valence-corrected chi connectivity index (χ0v) is 9.95. The molecular weight excluding hydrogens is 198 g/mol. The zero-order chi connectivity index (χ0) is 11.7. The maximum Gasteiger partial charge on any atom is 0.255 e. The van der Waals surface area contributed by atoms with E-state index in [0.717, 1.165) is 10.8 Å². The van der Waals surface area contributed by atoms with Crippen LogP contribution in [0, 0.1) is 5.92 Å². The number of pyridine rings is 1. The molecule has 2 aromatic rings. The van der Waals surface area contributed by atoms with Crippen LogP contribution in [-0.2, 0) is 0 Å². The number of hydrogen-bond acceptors (Lipinski definition) is 1. The molecule has 2 heteroatoms. The number of fused-ring (bicyclic) bond motifs is 1. The third-order valence-corrected chi connectivity index (χ3v) is 3.34. The second-order valence-electron chi connectivity index (χ2n) is 4.65. The highest BCUT2D eigenvalue weighted by Crippen LogP contribution is 2.28. The molecule has 84 valence electrons. The summed E-state index contributed by atoms with van der Waals surface area (Å²) in [6.45, 7) is 6.62. The molecule has 0 fully saturated rings. The first-order valence-corrected chi connectivity index (χ1v) is 5.71. The van der Waals surface area contributed by atoms with E-state index >= 15 is 0 Å².